The number of carboxylic acids is 1. The molecule has 2 N–H and O–H groups in total. The number of amides is 1. The van der Waals surface area contributed by atoms with Crippen molar-refractivity contribution in [3.8, 4) is 0 Å². The number of para-hydroxylation sites is 2. The van der Waals surface area contributed by atoms with Crippen LogP contribution in [0.15, 0.2) is 52.0 Å². The molecule has 1 unspecified atom stereocenters. The van der Waals surface area contributed by atoms with E-state index in [4.69, 9.17) is 4.42 Å². The fraction of sp³-hybridized carbons (Fsp3) is 0.150. The number of rotatable bonds is 4. The number of nitrogens with zero attached hydrogens (tertiary/aromatic N) is 1. The Hall–Kier alpha value is -3.47. The van der Waals surface area contributed by atoms with Crippen LogP contribution >= 0.6 is 11.3 Å². The summed E-state index contributed by atoms with van der Waals surface area (Å²) in [5.41, 5.74) is -0.0421. The van der Waals surface area contributed by atoms with Crippen LogP contribution in [0, 0.1) is 5.92 Å². The van der Waals surface area contributed by atoms with Gasteiger partial charge in [0.05, 0.1) is 5.92 Å². The number of aromatic nitrogens is 1. The number of fused-ring (bicyclic) bond motifs is 1. The van der Waals surface area contributed by atoms with Crippen LogP contribution in [-0.4, -0.2) is 28.1 Å². The average molecular weight is 452 g/mol. The lowest BCUT2D eigenvalue weighted by Crippen LogP contribution is -2.22. The first-order valence-corrected chi connectivity index (χ1v) is 9.68. The monoisotopic (exact) mass is 452 g/mol. The molecule has 1 aliphatic carbocycles. The third-order valence-corrected chi connectivity index (χ3v) is 5.51. The second kappa shape index (κ2) is 7.65. The van der Waals surface area contributed by atoms with Gasteiger partial charge in [0.1, 0.15) is 21.9 Å². The Bertz CT molecular complexity index is 1220. The summed E-state index contributed by atoms with van der Waals surface area (Å²) >= 11 is 0.797. The Kier molecular flexibility index (Phi) is 5.13. The molecule has 2 aromatic heterocycles. The lowest BCUT2D eigenvalue weighted by molar-refractivity contribution is -0.161. The predicted molar refractivity (Wildman–Crippen MR) is 105 cm³/mol. The Morgan fingerprint density at radius 1 is 1.26 bits per heavy atom. The van der Waals surface area contributed by atoms with Crippen molar-refractivity contribution in [2.75, 3.05) is 5.32 Å². The molecular formula is C20H12F4N2O4S. The van der Waals surface area contributed by atoms with Crippen LogP contribution in [0.4, 0.5) is 22.6 Å². The van der Waals surface area contributed by atoms with Gasteiger partial charge in [-0.05, 0) is 12.1 Å². The number of carbonyl (C=O) groups excluding carboxylic acids is 1. The summed E-state index contributed by atoms with van der Waals surface area (Å²) in [6, 6.07) is 6.61. The first-order valence-electron chi connectivity index (χ1n) is 8.80. The summed E-state index contributed by atoms with van der Waals surface area (Å²) in [6.07, 6.45) is -3.83. The zero-order valence-electron chi connectivity index (χ0n) is 15.4. The van der Waals surface area contributed by atoms with Crippen LogP contribution in [0.5, 0.6) is 0 Å². The quantitative estimate of drug-likeness (QED) is 0.499. The van der Waals surface area contributed by atoms with Crippen molar-refractivity contribution < 1.29 is 36.7 Å². The van der Waals surface area contributed by atoms with E-state index < -0.39 is 41.8 Å². The number of aromatic carboxylic acids is 1. The van der Waals surface area contributed by atoms with Gasteiger partial charge in [0.2, 0.25) is 0 Å². The topological polar surface area (TPSA) is 92.4 Å². The van der Waals surface area contributed by atoms with Gasteiger partial charge in [-0.3, -0.25) is 4.79 Å². The normalized spacial score (nSPS) is 16.7. The number of nitrogens with one attached hydrogen (secondary N) is 1. The Balaban J connectivity index is 1.65. The maximum absolute atomic E-state index is 14.4. The van der Waals surface area contributed by atoms with Crippen LogP contribution in [0.25, 0.3) is 16.7 Å². The van der Waals surface area contributed by atoms with Gasteiger partial charge < -0.3 is 14.8 Å². The number of anilines is 1. The van der Waals surface area contributed by atoms with E-state index in [2.05, 4.69) is 10.3 Å². The molecule has 1 aromatic carbocycles. The summed E-state index contributed by atoms with van der Waals surface area (Å²) in [7, 11) is 0. The standard InChI is InChI=1S/C20H12F4N2O4S/c21-12-7-9(20(22,23)24)5-6-10(12)11-8-31-18(15(11)19(28)29)26-16(27)17-25-13-3-1-2-4-14(13)30-17/h1-6,8-9H,7H2,(H,26,27)(H,28,29). The van der Waals surface area contributed by atoms with Gasteiger partial charge in [0.25, 0.3) is 5.89 Å². The molecular weight excluding hydrogens is 440 g/mol. The van der Waals surface area contributed by atoms with Gasteiger partial charge in [-0.25, -0.2) is 14.2 Å². The van der Waals surface area contributed by atoms with Crippen molar-refractivity contribution in [2.45, 2.75) is 12.6 Å². The van der Waals surface area contributed by atoms with Crippen molar-refractivity contribution in [3.05, 3.63) is 64.6 Å². The molecule has 0 saturated carbocycles. The van der Waals surface area contributed by atoms with Crippen molar-refractivity contribution in [3.63, 3.8) is 0 Å². The highest BCUT2D eigenvalue weighted by atomic mass is 32.1. The van der Waals surface area contributed by atoms with Gasteiger partial charge in [-0.2, -0.15) is 13.2 Å². The number of hydrogen-bond donors (Lipinski definition) is 2. The van der Waals surface area contributed by atoms with E-state index in [9.17, 15) is 32.3 Å². The number of carboxylic acid groups (broad SMARTS) is 1. The number of alkyl halides is 3. The molecule has 0 saturated heterocycles. The van der Waals surface area contributed by atoms with Crippen LogP contribution in [0.3, 0.4) is 0 Å². The molecule has 1 aliphatic rings. The van der Waals surface area contributed by atoms with Gasteiger partial charge >= 0.3 is 18.1 Å². The molecule has 1 atom stereocenters. The molecule has 160 valence electrons. The minimum Gasteiger partial charge on any atom is -0.478 e. The maximum Gasteiger partial charge on any atom is 0.395 e. The molecule has 1 amide bonds. The predicted octanol–water partition coefficient (Wildman–Crippen LogP) is 5.66. The Morgan fingerprint density at radius 3 is 2.65 bits per heavy atom. The summed E-state index contributed by atoms with van der Waals surface area (Å²) in [4.78, 5) is 28.3. The smallest absolute Gasteiger partial charge is 0.395 e. The molecule has 0 spiro atoms. The van der Waals surface area contributed by atoms with Crippen LogP contribution in [-0.2, 0) is 0 Å². The van der Waals surface area contributed by atoms with E-state index in [-0.39, 0.29) is 22.0 Å². The van der Waals surface area contributed by atoms with Gasteiger partial charge in [-0.15, -0.1) is 11.3 Å². The number of halogens is 4. The molecule has 2 heterocycles. The summed E-state index contributed by atoms with van der Waals surface area (Å²) in [5.74, 6) is -5.67. The van der Waals surface area contributed by atoms with E-state index in [0.717, 1.165) is 23.5 Å². The highest BCUT2D eigenvalue weighted by molar-refractivity contribution is 7.15. The fourth-order valence-electron chi connectivity index (χ4n) is 3.12. The minimum atomic E-state index is -4.61. The molecule has 4 rings (SSSR count). The Morgan fingerprint density at radius 2 is 2.00 bits per heavy atom. The van der Waals surface area contributed by atoms with E-state index in [1.807, 2.05) is 0 Å². The van der Waals surface area contributed by atoms with E-state index in [0.29, 0.717) is 11.1 Å². The van der Waals surface area contributed by atoms with Crippen LogP contribution in [0.1, 0.15) is 33.0 Å². The minimum absolute atomic E-state index is 0.124. The molecule has 31 heavy (non-hydrogen) atoms. The lowest BCUT2D eigenvalue weighted by Gasteiger charge is -2.20. The van der Waals surface area contributed by atoms with Crippen molar-refractivity contribution in [1.82, 2.24) is 4.98 Å². The molecule has 6 nitrogen and oxygen atoms in total. The first kappa shape index (κ1) is 20.8. The SMILES string of the molecule is O=C(Nc1scc(C2=C(F)CC(C(F)(F)F)C=C2)c1C(=O)O)c1nc2ccccc2o1. The van der Waals surface area contributed by atoms with Crippen molar-refractivity contribution >= 4 is 44.9 Å². The molecule has 0 aliphatic heterocycles. The molecule has 0 fully saturated rings. The summed E-state index contributed by atoms with van der Waals surface area (Å²) < 4.78 is 58.3. The zero-order chi connectivity index (χ0) is 22.3. The second-order valence-electron chi connectivity index (χ2n) is 6.63. The summed E-state index contributed by atoms with van der Waals surface area (Å²) in [5, 5.41) is 13.1. The molecule has 0 radical (unpaired) electrons. The number of benzene rings is 1. The fourth-order valence-corrected chi connectivity index (χ4v) is 4.07. The van der Waals surface area contributed by atoms with Gasteiger partial charge in [-0.1, -0.05) is 24.3 Å². The van der Waals surface area contributed by atoms with Crippen LogP contribution < -0.4 is 5.32 Å². The maximum atomic E-state index is 14.4. The second-order valence-corrected chi connectivity index (χ2v) is 7.51. The van der Waals surface area contributed by atoms with E-state index in [1.54, 1.807) is 24.3 Å². The lowest BCUT2D eigenvalue weighted by atomic mass is 9.91. The molecule has 3 aromatic rings. The summed E-state index contributed by atoms with van der Waals surface area (Å²) in [6.45, 7) is 0. The number of hydrogen-bond acceptors (Lipinski definition) is 5. The van der Waals surface area contributed by atoms with Crippen LogP contribution in [0.2, 0.25) is 0 Å². The van der Waals surface area contributed by atoms with E-state index in [1.165, 1.54) is 5.38 Å². The zero-order valence-corrected chi connectivity index (χ0v) is 16.2. The van der Waals surface area contributed by atoms with Crippen molar-refractivity contribution in [2.24, 2.45) is 5.92 Å². The number of allylic oxidation sites excluding steroid dienone is 4. The van der Waals surface area contributed by atoms with Crippen molar-refractivity contribution in [1.29, 1.82) is 0 Å². The van der Waals surface area contributed by atoms with Gasteiger partial charge in [0, 0.05) is 22.9 Å². The number of oxazole rings is 1. The molecule has 11 heteroatoms. The van der Waals surface area contributed by atoms with E-state index >= 15 is 0 Å². The molecule has 0 bridgehead atoms. The number of thiophene rings is 1. The first-order chi connectivity index (χ1) is 14.6. The average Bonchev–Trinajstić information content (AvgIpc) is 3.31. The van der Waals surface area contributed by atoms with Gasteiger partial charge in [0.15, 0.2) is 5.58 Å². The highest BCUT2D eigenvalue weighted by Crippen LogP contribution is 2.42. The Labute approximate surface area is 175 Å². The highest BCUT2D eigenvalue weighted by Gasteiger charge is 2.40. The third kappa shape index (κ3) is 3.96. The third-order valence-electron chi connectivity index (χ3n) is 4.62. The largest absolute Gasteiger partial charge is 0.478 e. The number of carbonyl (C=O) groups is 2.